The second-order valence-corrected chi connectivity index (χ2v) is 7.97. The van der Waals surface area contributed by atoms with Crippen LogP contribution in [-0.4, -0.2) is 51.4 Å². The van der Waals surface area contributed by atoms with Crippen LogP contribution in [0.25, 0.3) is 0 Å². The third-order valence-electron chi connectivity index (χ3n) is 4.68. The molecule has 2 aromatic rings. The summed E-state index contributed by atoms with van der Waals surface area (Å²) >= 11 is 8.02. The molecule has 0 unspecified atom stereocenters. The van der Waals surface area contributed by atoms with Gasteiger partial charge < -0.3 is 14.6 Å². The fraction of sp³-hybridized carbons (Fsp3) is 0.500. The van der Waals surface area contributed by atoms with E-state index < -0.39 is 24.2 Å². The van der Waals surface area contributed by atoms with E-state index in [1.54, 1.807) is 28.8 Å². The summed E-state index contributed by atoms with van der Waals surface area (Å²) in [7, 11) is 0. The van der Waals surface area contributed by atoms with Crippen LogP contribution in [0, 0.1) is 0 Å². The third kappa shape index (κ3) is 3.40. The van der Waals surface area contributed by atoms with E-state index in [-0.39, 0.29) is 23.0 Å². The van der Waals surface area contributed by atoms with Crippen LogP contribution in [0.4, 0.5) is 19.0 Å². The zero-order valence-electron chi connectivity index (χ0n) is 14.0. The first-order valence-electron chi connectivity index (χ1n) is 8.38. The predicted molar refractivity (Wildman–Crippen MR) is 95.2 cm³/mol. The molecule has 0 radical (unpaired) electrons. The fourth-order valence-corrected chi connectivity index (χ4v) is 4.48. The minimum Gasteiger partial charge on any atom is -0.467 e. The van der Waals surface area contributed by atoms with Gasteiger partial charge in [-0.15, -0.1) is 0 Å². The van der Waals surface area contributed by atoms with Gasteiger partial charge in [-0.25, -0.2) is 4.68 Å². The zero-order chi connectivity index (χ0) is 19.2. The zero-order valence-corrected chi connectivity index (χ0v) is 15.6. The number of carbonyl (C=O) groups is 1. The largest absolute Gasteiger partial charge is 0.467 e. The number of furan rings is 1. The first kappa shape index (κ1) is 18.5. The minimum atomic E-state index is -4.54. The number of hydrogen-bond donors (Lipinski definition) is 1. The number of thioether (sulfide) groups is 1. The SMILES string of the molecule is O=C(c1nn2c(c1Cl)N[C@@H](c1ccco1)C[C@H]2C(F)(F)F)N1CCSCC1. The number of anilines is 1. The Morgan fingerprint density at radius 1 is 1.37 bits per heavy atom. The molecule has 0 aliphatic carbocycles. The second-order valence-electron chi connectivity index (χ2n) is 6.37. The molecule has 27 heavy (non-hydrogen) atoms. The molecule has 0 saturated carbocycles. The molecule has 2 aliphatic heterocycles. The van der Waals surface area contributed by atoms with Gasteiger partial charge in [0.1, 0.15) is 16.6 Å². The lowest BCUT2D eigenvalue weighted by atomic mass is 10.0. The Balaban J connectivity index is 1.72. The van der Waals surface area contributed by atoms with Gasteiger partial charge in [0, 0.05) is 31.0 Å². The molecule has 6 nitrogen and oxygen atoms in total. The predicted octanol–water partition coefficient (Wildman–Crippen LogP) is 3.98. The first-order chi connectivity index (χ1) is 12.9. The molecule has 1 amide bonds. The maximum Gasteiger partial charge on any atom is 0.410 e. The smallest absolute Gasteiger partial charge is 0.410 e. The van der Waals surface area contributed by atoms with Gasteiger partial charge in [0.15, 0.2) is 11.7 Å². The van der Waals surface area contributed by atoms with Crippen molar-refractivity contribution < 1.29 is 22.4 Å². The highest BCUT2D eigenvalue weighted by Gasteiger charge is 2.48. The highest BCUT2D eigenvalue weighted by Crippen LogP contribution is 2.46. The molecular formula is C16H16ClF3N4O2S. The average molecular weight is 421 g/mol. The maximum atomic E-state index is 13.7. The minimum absolute atomic E-state index is 0.0126. The number of aromatic nitrogens is 2. The molecular weight excluding hydrogens is 405 g/mol. The summed E-state index contributed by atoms with van der Waals surface area (Å²) < 4.78 is 47.1. The topological polar surface area (TPSA) is 63.3 Å². The van der Waals surface area contributed by atoms with Crippen molar-refractivity contribution in [1.29, 1.82) is 0 Å². The van der Waals surface area contributed by atoms with Crippen molar-refractivity contribution in [2.75, 3.05) is 29.9 Å². The van der Waals surface area contributed by atoms with Crippen LogP contribution in [0.15, 0.2) is 22.8 Å². The van der Waals surface area contributed by atoms with E-state index in [9.17, 15) is 18.0 Å². The van der Waals surface area contributed by atoms with E-state index in [0.29, 0.717) is 18.8 Å². The molecule has 1 fully saturated rings. The summed E-state index contributed by atoms with van der Waals surface area (Å²) in [5.41, 5.74) is -0.152. The van der Waals surface area contributed by atoms with E-state index in [4.69, 9.17) is 16.0 Å². The van der Waals surface area contributed by atoms with Crippen molar-refractivity contribution in [2.45, 2.75) is 24.7 Å². The van der Waals surface area contributed by atoms with Crippen molar-refractivity contribution in [3.63, 3.8) is 0 Å². The molecule has 4 rings (SSSR count). The van der Waals surface area contributed by atoms with Crippen LogP contribution in [0.5, 0.6) is 0 Å². The number of amides is 1. The Labute approximate surface area is 162 Å². The summed E-state index contributed by atoms with van der Waals surface area (Å²) in [6, 6.07) is 0.585. The van der Waals surface area contributed by atoms with Crippen LogP contribution in [0.3, 0.4) is 0 Å². The molecule has 2 aromatic heterocycles. The van der Waals surface area contributed by atoms with Crippen molar-refractivity contribution in [3.05, 3.63) is 34.9 Å². The molecule has 4 heterocycles. The van der Waals surface area contributed by atoms with E-state index in [2.05, 4.69) is 10.4 Å². The van der Waals surface area contributed by atoms with E-state index in [1.807, 2.05) is 0 Å². The van der Waals surface area contributed by atoms with E-state index in [0.717, 1.165) is 16.2 Å². The first-order valence-corrected chi connectivity index (χ1v) is 9.91. The molecule has 1 saturated heterocycles. The Hall–Kier alpha value is -1.81. The summed E-state index contributed by atoms with van der Waals surface area (Å²) in [4.78, 5) is 14.3. The van der Waals surface area contributed by atoms with Crippen molar-refractivity contribution >= 4 is 35.1 Å². The van der Waals surface area contributed by atoms with Crippen LogP contribution < -0.4 is 5.32 Å². The molecule has 146 valence electrons. The molecule has 2 atom stereocenters. The second kappa shape index (κ2) is 6.97. The Kier molecular flexibility index (Phi) is 4.79. The molecule has 2 aliphatic rings. The van der Waals surface area contributed by atoms with Crippen LogP contribution in [0.2, 0.25) is 5.02 Å². The number of carbonyl (C=O) groups excluding carboxylic acids is 1. The monoisotopic (exact) mass is 420 g/mol. The van der Waals surface area contributed by atoms with Crippen LogP contribution in [-0.2, 0) is 0 Å². The molecule has 0 spiro atoms. The van der Waals surface area contributed by atoms with Gasteiger partial charge in [0.2, 0.25) is 0 Å². The van der Waals surface area contributed by atoms with Gasteiger partial charge in [-0.3, -0.25) is 4.79 Å². The van der Waals surface area contributed by atoms with Gasteiger partial charge in [0.05, 0.1) is 12.3 Å². The van der Waals surface area contributed by atoms with Crippen molar-refractivity contribution in [1.82, 2.24) is 14.7 Å². The van der Waals surface area contributed by atoms with Gasteiger partial charge in [0.25, 0.3) is 5.91 Å². The van der Waals surface area contributed by atoms with Crippen LogP contribution in [0.1, 0.15) is 34.8 Å². The highest BCUT2D eigenvalue weighted by atomic mass is 35.5. The summed E-state index contributed by atoms with van der Waals surface area (Å²) in [5, 5.41) is 6.82. The molecule has 0 aromatic carbocycles. The van der Waals surface area contributed by atoms with Crippen molar-refractivity contribution in [2.24, 2.45) is 0 Å². The number of nitrogens with one attached hydrogen (secondary N) is 1. The number of nitrogens with zero attached hydrogens (tertiary/aromatic N) is 3. The summed E-state index contributed by atoms with van der Waals surface area (Å²) in [5.74, 6) is 1.47. The average Bonchev–Trinajstić information content (AvgIpc) is 3.29. The van der Waals surface area contributed by atoms with E-state index >= 15 is 0 Å². The van der Waals surface area contributed by atoms with Gasteiger partial charge in [-0.05, 0) is 12.1 Å². The standard InChI is InChI=1S/C16H16ClF3N4O2S/c17-12-13(15(25)23-3-6-27-7-4-23)22-24-11(16(18,19)20)8-9(21-14(12)24)10-2-1-5-26-10/h1-2,5,9,11,21H,3-4,6-8H2/t9-,11+/m1/s1. The number of hydrogen-bond acceptors (Lipinski definition) is 5. The Morgan fingerprint density at radius 3 is 2.74 bits per heavy atom. The lowest BCUT2D eigenvalue weighted by molar-refractivity contribution is -0.174. The van der Waals surface area contributed by atoms with Crippen LogP contribution >= 0.6 is 23.4 Å². The number of alkyl halides is 3. The number of halogens is 4. The third-order valence-corrected chi connectivity index (χ3v) is 5.98. The molecule has 1 N–H and O–H groups in total. The number of fused-ring (bicyclic) bond motifs is 1. The maximum absolute atomic E-state index is 13.7. The highest BCUT2D eigenvalue weighted by molar-refractivity contribution is 7.99. The lowest BCUT2D eigenvalue weighted by Crippen LogP contribution is -2.38. The molecule has 11 heteroatoms. The summed E-state index contributed by atoms with van der Waals surface area (Å²) in [6.45, 7) is 1.04. The fourth-order valence-electron chi connectivity index (χ4n) is 3.32. The van der Waals surface area contributed by atoms with Crippen molar-refractivity contribution in [3.8, 4) is 0 Å². The van der Waals surface area contributed by atoms with Gasteiger partial charge >= 0.3 is 6.18 Å². The van der Waals surface area contributed by atoms with Gasteiger partial charge in [-0.2, -0.15) is 30.0 Å². The van der Waals surface area contributed by atoms with E-state index in [1.165, 1.54) is 6.26 Å². The normalized spacial score (nSPS) is 23.0. The molecule has 0 bridgehead atoms. The quantitative estimate of drug-likeness (QED) is 0.796. The van der Waals surface area contributed by atoms with Gasteiger partial charge in [-0.1, -0.05) is 11.6 Å². The lowest BCUT2D eigenvalue weighted by Gasteiger charge is -2.32. The Bertz CT molecular complexity index is 834. The summed E-state index contributed by atoms with van der Waals surface area (Å²) in [6.07, 6.45) is -3.45. The Morgan fingerprint density at radius 2 is 2.11 bits per heavy atom. The number of rotatable bonds is 2.